The Morgan fingerprint density at radius 2 is 1.86 bits per heavy atom. The summed E-state index contributed by atoms with van der Waals surface area (Å²) in [5.74, 6) is 1.24. The first-order chi connectivity index (χ1) is 10.3. The van der Waals surface area contributed by atoms with Crippen LogP contribution in [0.15, 0.2) is 53.2 Å². The number of pyridine rings is 1. The Kier molecular flexibility index (Phi) is 4.59. The molecule has 21 heavy (non-hydrogen) atoms. The van der Waals surface area contributed by atoms with Crippen molar-refractivity contribution in [2.45, 2.75) is 19.3 Å². The molecule has 0 fully saturated rings. The van der Waals surface area contributed by atoms with Crippen molar-refractivity contribution in [3.63, 3.8) is 0 Å². The molecule has 2 heterocycles. The van der Waals surface area contributed by atoms with Gasteiger partial charge in [-0.15, -0.1) is 10.2 Å². The summed E-state index contributed by atoms with van der Waals surface area (Å²) in [6.45, 7) is 0. The fourth-order valence-corrected chi connectivity index (χ4v) is 2.71. The summed E-state index contributed by atoms with van der Waals surface area (Å²) in [6, 6.07) is 12.3. The van der Waals surface area contributed by atoms with Gasteiger partial charge >= 0.3 is 0 Å². The molecule has 3 rings (SSSR count). The SMILES string of the molecule is Ic1cccc(CCCc2nnc(-c3ccncc3)o2)c1. The van der Waals surface area contributed by atoms with E-state index >= 15 is 0 Å². The highest BCUT2D eigenvalue weighted by Gasteiger charge is 2.08. The molecular weight excluding hydrogens is 377 g/mol. The zero-order valence-corrected chi connectivity index (χ0v) is 13.5. The van der Waals surface area contributed by atoms with E-state index in [1.54, 1.807) is 12.4 Å². The first kappa shape index (κ1) is 14.2. The van der Waals surface area contributed by atoms with Gasteiger partial charge in [-0.25, -0.2) is 0 Å². The Bertz CT molecular complexity index is 712. The van der Waals surface area contributed by atoms with Crippen LogP contribution in [0.3, 0.4) is 0 Å². The van der Waals surface area contributed by atoms with Crippen LogP contribution >= 0.6 is 22.6 Å². The number of aryl methyl sites for hydroxylation is 2. The molecule has 0 bridgehead atoms. The van der Waals surface area contributed by atoms with Crippen LogP contribution in [0.1, 0.15) is 17.9 Å². The molecule has 0 aliphatic carbocycles. The maximum Gasteiger partial charge on any atom is 0.247 e. The third-order valence-electron chi connectivity index (χ3n) is 3.14. The molecule has 3 aromatic rings. The molecule has 0 saturated heterocycles. The van der Waals surface area contributed by atoms with E-state index in [-0.39, 0.29) is 0 Å². The largest absolute Gasteiger partial charge is 0.421 e. The van der Waals surface area contributed by atoms with Crippen LogP contribution in [0.4, 0.5) is 0 Å². The van der Waals surface area contributed by atoms with Crippen molar-refractivity contribution < 1.29 is 4.42 Å². The Morgan fingerprint density at radius 3 is 2.67 bits per heavy atom. The summed E-state index contributed by atoms with van der Waals surface area (Å²) in [7, 11) is 0. The lowest BCUT2D eigenvalue weighted by Gasteiger charge is -2.00. The number of rotatable bonds is 5. The second-order valence-corrected chi connectivity index (χ2v) is 5.97. The molecule has 0 atom stereocenters. The number of hydrogen-bond donors (Lipinski definition) is 0. The first-order valence-corrected chi connectivity index (χ1v) is 7.86. The zero-order valence-electron chi connectivity index (χ0n) is 11.4. The van der Waals surface area contributed by atoms with Crippen LogP contribution in [0.2, 0.25) is 0 Å². The molecule has 1 aromatic carbocycles. The minimum Gasteiger partial charge on any atom is -0.421 e. The topological polar surface area (TPSA) is 51.8 Å². The quantitative estimate of drug-likeness (QED) is 0.619. The maximum absolute atomic E-state index is 5.68. The average molecular weight is 391 g/mol. The van der Waals surface area contributed by atoms with Crippen LogP contribution in [0.5, 0.6) is 0 Å². The van der Waals surface area contributed by atoms with Crippen molar-refractivity contribution in [3.05, 3.63) is 63.8 Å². The van der Waals surface area contributed by atoms with E-state index in [0.29, 0.717) is 11.8 Å². The first-order valence-electron chi connectivity index (χ1n) is 6.78. The van der Waals surface area contributed by atoms with Crippen LogP contribution in [-0.4, -0.2) is 15.2 Å². The van der Waals surface area contributed by atoms with Crippen LogP contribution in [0.25, 0.3) is 11.5 Å². The lowest BCUT2D eigenvalue weighted by molar-refractivity contribution is 0.497. The Labute approximate surface area is 136 Å². The molecule has 2 aromatic heterocycles. The number of nitrogens with zero attached hydrogens (tertiary/aromatic N) is 3. The van der Waals surface area contributed by atoms with Crippen molar-refractivity contribution in [2.75, 3.05) is 0 Å². The van der Waals surface area contributed by atoms with Gasteiger partial charge in [0.2, 0.25) is 11.8 Å². The van der Waals surface area contributed by atoms with Gasteiger partial charge in [0.05, 0.1) is 0 Å². The normalized spacial score (nSPS) is 10.7. The molecule has 4 nitrogen and oxygen atoms in total. The van der Waals surface area contributed by atoms with Gasteiger partial charge in [0.25, 0.3) is 0 Å². The van der Waals surface area contributed by atoms with Gasteiger partial charge in [0, 0.05) is 27.9 Å². The lowest BCUT2D eigenvalue weighted by Crippen LogP contribution is -1.90. The van der Waals surface area contributed by atoms with E-state index in [2.05, 4.69) is 62.0 Å². The molecular formula is C16H14IN3O. The van der Waals surface area contributed by atoms with E-state index < -0.39 is 0 Å². The van der Waals surface area contributed by atoms with Crippen LogP contribution < -0.4 is 0 Å². The molecule has 0 radical (unpaired) electrons. The minimum absolute atomic E-state index is 0.557. The summed E-state index contributed by atoms with van der Waals surface area (Å²) in [5, 5.41) is 8.18. The molecule has 106 valence electrons. The third-order valence-corrected chi connectivity index (χ3v) is 3.81. The monoisotopic (exact) mass is 391 g/mol. The molecule has 0 aliphatic heterocycles. The van der Waals surface area contributed by atoms with Gasteiger partial charge < -0.3 is 4.42 Å². The number of aromatic nitrogens is 3. The zero-order chi connectivity index (χ0) is 14.5. The van der Waals surface area contributed by atoms with E-state index in [4.69, 9.17) is 4.42 Å². The van der Waals surface area contributed by atoms with Crippen molar-refractivity contribution in [1.82, 2.24) is 15.2 Å². The van der Waals surface area contributed by atoms with Crippen molar-refractivity contribution >= 4 is 22.6 Å². The minimum atomic E-state index is 0.557. The summed E-state index contributed by atoms with van der Waals surface area (Å²) < 4.78 is 6.95. The number of hydrogen-bond acceptors (Lipinski definition) is 4. The molecule has 0 aliphatic rings. The molecule has 0 N–H and O–H groups in total. The smallest absolute Gasteiger partial charge is 0.247 e. The third kappa shape index (κ3) is 3.87. The van der Waals surface area contributed by atoms with Gasteiger partial charge in [0.15, 0.2) is 0 Å². The Hall–Kier alpha value is -1.76. The van der Waals surface area contributed by atoms with E-state index in [9.17, 15) is 0 Å². The maximum atomic E-state index is 5.68. The van der Waals surface area contributed by atoms with Gasteiger partial charge in [-0.3, -0.25) is 4.98 Å². The lowest BCUT2D eigenvalue weighted by atomic mass is 10.1. The van der Waals surface area contributed by atoms with Gasteiger partial charge in [-0.1, -0.05) is 12.1 Å². The van der Waals surface area contributed by atoms with E-state index in [0.717, 1.165) is 24.8 Å². The van der Waals surface area contributed by atoms with Crippen LogP contribution in [-0.2, 0) is 12.8 Å². The molecule has 0 amide bonds. The number of halogens is 1. The average Bonchev–Trinajstić information content (AvgIpc) is 2.97. The predicted octanol–water partition coefficient (Wildman–Crippen LogP) is 3.91. The molecule has 0 unspecified atom stereocenters. The van der Waals surface area contributed by atoms with Crippen molar-refractivity contribution in [2.24, 2.45) is 0 Å². The van der Waals surface area contributed by atoms with E-state index in [1.807, 2.05) is 12.1 Å². The van der Waals surface area contributed by atoms with Gasteiger partial charge in [-0.05, 0) is 65.3 Å². The predicted molar refractivity (Wildman–Crippen MR) is 88.7 cm³/mol. The Balaban J connectivity index is 1.58. The fourth-order valence-electron chi connectivity index (χ4n) is 2.10. The standard InChI is InChI=1S/C16H14IN3O/c17-14-5-1-3-12(11-14)4-2-6-15-19-20-16(21-15)13-7-9-18-10-8-13/h1,3,5,7-11H,2,4,6H2. The van der Waals surface area contributed by atoms with Crippen molar-refractivity contribution in [3.8, 4) is 11.5 Å². The summed E-state index contributed by atoms with van der Waals surface area (Å²) in [5.41, 5.74) is 2.25. The van der Waals surface area contributed by atoms with E-state index in [1.165, 1.54) is 9.13 Å². The van der Waals surface area contributed by atoms with Crippen LogP contribution in [0, 0.1) is 3.57 Å². The van der Waals surface area contributed by atoms with Crippen molar-refractivity contribution in [1.29, 1.82) is 0 Å². The second-order valence-electron chi connectivity index (χ2n) is 4.72. The molecule has 5 heteroatoms. The Morgan fingerprint density at radius 1 is 1.00 bits per heavy atom. The summed E-state index contributed by atoms with van der Waals surface area (Å²) in [6.07, 6.45) is 6.25. The van der Waals surface area contributed by atoms with Gasteiger partial charge in [0.1, 0.15) is 0 Å². The highest BCUT2D eigenvalue weighted by Crippen LogP contribution is 2.17. The second kappa shape index (κ2) is 6.80. The molecule has 0 spiro atoms. The highest BCUT2D eigenvalue weighted by molar-refractivity contribution is 14.1. The summed E-state index contributed by atoms with van der Waals surface area (Å²) >= 11 is 2.33. The fraction of sp³-hybridized carbons (Fsp3) is 0.188. The van der Waals surface area contributed by atoms with Gasteiger partial charge in [-0.2, -0.15) is 0 Å². The summed E-state index contributed by atoms with van der Waals surface area (Å²) in [4.78, 5) is 3.98. The highest BCUT2D eigenvalue weighted by atomic mass is 127. The number of benzene rings is 1. The molecule has 0 saturated carbocycles.